The number of benzene rings is 1. The molecule has 1 heterocycles. The first-order valence-electron chi connectivity index (χ1n) is 6.82. The van der Waals surface area contributed by atoms with Crippen molar-refractivity contribution in [3.8, 4) is 0 Å². The number of carbonyl (C=O) groups excluding carboxylic acids is 1. The van der Waals surface area contributed by atoms with E-state index in [0.717, 1.165) is 12.8 Å². The lowest BCUT2D eigenvalue weighted by Crippen LogP contribution is -2.40. The second-order valence-electron chi connectivity index (χ2n) is 5.27. The van der Waals surface area contributed by atoms with E-state index in [1.807, 2.05) is 0 Å². The summed E-state index contributed by atoms with van der Waals surface area (Å²) in [6.07, 6.45) is 1.05. The van der Waals surface area contributed by atoms with Crippen molar-refractivity contribution in [3.63, 3.8) is 0 Å². The van der Waals surface area contributed by atoms with Crippen LogP contribution in [0.1, 0.15) is 30.1 Å². The van der Waals surface area contributed by atoms with Crippen molar-refractivity contribution in [3.05, 3.63) is 38.9 Å². The SMILES string of the molecule is CC(O)C1CCN(C(=O)c2cccc([N+](=O)[O-])c2Cl)CC1. The normalized spacial score (nSPS) is 17.6. The molecule has 0 saturated carbocycles. The summed E-state index contributed by atoms with van der Waals surface area (Å²) in [4.78, 5) is 24.3. The largest absolute Gasteiger partial charge is 0.393 e. The van der Waals surface area contributed by atoms with E-state index in [4.69, 9.17) is 11.6 Å². The summed E-state index contributed by atoms with van der Waals surface area (Å²) in [6, 6.07) is 4.23. The van der Waals surface area contributed by atoms with Gasteiger partial charge < -0.3 is 10.0 Å². The lowest BCUT2D eigenvalue weighted by atomic mass is 9.92. The van der Waals surface area contributed by atoms with Crippen LogP contribution in [0.4, 0.5) is 5.69 Å². The first-order valence-corrected chi connectivity index (χ1v) is 7.20. The molecule has 0 aliphatic carbocycles. The molecule has 6 nitrogen and oxygen atoms in total. The molecule has 1 aliphatic rings. The van der Waals surface area contributed by atoms with Crippen molar-refractivity contribution in [2.45, 2.75) is 25.9 Å². The average Bonchev–Trinajstić information content (AvgIpc) is 2.46. The van der Waals surface area contributed by atoms with Crippen LogP contribution < -0.4 is 0 Å². The highest BCUT2D eigenvalue weighted by atomic mass is 35.5. The number of nitro benzene ring substituents is 1. The molecule has 0 bridgehead atoms. The smallest absolute Gasteiger partial charge is 0.288 e. The van der Waals surface area contributed by atoms with Crippen LogP contribution in [-0.2, 0) is 0 Å². The van der Waals surface area contributed by atoms with Gasteiger partial charge in [-0.2, -0.15) is 0 Å². The van der Waals surface area contributed by atoms with Gasteiger partial charge in [-0.05, 0) is 31.7 Å². The highest BCUT2D eigenvalue weighted by Gasteiger charge is 2.28. The van der Waals surface area contributed by atoms with Gasteiger partial charge in [0.2, 0.25) is 0 Å². The fourth-order valence-corrected chi connectivity index (χ4v) is 2.86. The number of nitrogens with zero attached hydrogens (tertiary/aromatic N) is 2. The number of nitro groups is 1. The van der Waals surface area contributed by atoms with Gasteiger partial charge in [-0.25, -0.2) is 0 Å². The van der Waals surface area contributed by atoms with Crippen molar-refractivity contribution >= 4 is 23.2 Å². The van der Waals surface area contributed by atoms with Crippen molar-refractivity contribution in [1.82, 2.24) is 4.90 Å². The Balaban J connectivity index is 2.15. The molecule has 1 aromatic carbocycles. The molecule has 7 heteroatoms. The predicted molar refractivity (Wildman–Crippen MR) is 78.4 cm³/mol. The number of aliphatic hydroxyl groups is 1. The monoisotopic (exact) mass is 312 g/mol. The third-order valence-electron chi connectivity index (χ3n) is 3.91. The average molecular weight is 313 g/mol. The minimum Gasteiger partial charge on any atom is -0.393 e. The minimum atomic E-state index is -0.598. The van der Waals surface area contributed by atoms with E-state index in [2.05, 4.69) is 0 Å². The maximum Gasteiger partial charge on any atom is 0.288 e. The zero-order valence-electron chi connectivity index (χ0n) is 11.7. The number of rotatable bonds is 3. The fourth-order valence-electron chi connectivity index (χ4n) is 2.58. The number of carbonyl (C=O) groups is 1. The molecular weight excluding hydrogens is 296 g/mol. The quantitative estimate of drug-likeness (QED) is 0.686. The standard InChI is InChI=1S/C14H17ClN2O4/c1-9(18)10-5-7-16(8-6-10)14(19)11-3-2-4-12(13(11)15)17(20)21/h2-4,9-10,18H,5-8H2,1H3. The molecule has 21 heavy (non-hydrogen) atoms. The van der Waals surface area contributed by atoms with Crippen LogP contribution in [0.2, 0.25) is 5.02 Å². The van der Waals surface area contributed by atoms with Gasteiger partial charge in [-0.3, -0.25) is 14.9 Å². The fraction of sp³-hybridized carbons (Fsp3) is 0.500. The van der Waals surface area contributed by atoms with E-state index in [9.17, 15) is 20.0 Å². The van der Waals surface area contributed by atoms with E-state index in [1.54, 1.807) is 11.8 Å². The lowest BCUT2D eigenvalue weighted by Gasteiger charge is -2.33. The lowest BCUT2D eigenvalue weighted by molar-refractivity contribution is -0.384. The molecule has 1 aromatic rings. The summed E-state index contributed by atoms with van der Waals surface area (Å²) in [6.45, 7) is 2.79. The van der Waals surface area contributed by atoms with Gasteiger partial charge in [0.25, 0.3) is 11.6 Å². The molecule has 2 rings (SSSR count). The Morgan fingerprint density at radius 3 is 2.62 bits per heavy atom. The molecule has 1 atom stereocenters. The Morgan fingerprint density at radius 2 is 2.10 bits per heavy atom. The van der Waals surface area contributed by atoms with Gasteiger partial charge in [0.15, 0.2) is 0 Å². The molecule has 114 valence electrons. The number of halogens is 1. The predicted octanol–water partition coefficient (Wildman–Crippen LogP) is 2.48. The van der Waals surface area contributed by atoms with Gasteiger partial charge >= 0.3 is 0 Å². The topological polar surface area (TPSA) is 83.7 Å². The Hall–Kier alpha value is -1.66. The van der Waals surface area contributed by atoms with Crippen molar-refractivity contribution in [1.29, 1.82) is 0 Å². The van der Waals surface area contributed by atoms with E-state index in [1.165, 1.54) is 18.2 Å². The number of aliphatic hydroxyl groups excluding tert-OH is 1. The number of hydrogen-bond donors (Lipinski definition) is 1. The second kappa shape index (κ2) is 6.41. The first-order chi connectivity index (χ1) is 9.91. The van der Waals surface area contributed by atoms with Crippen LogP contribution in [0.5, 0.6) is 0 Å². The molecule has 0 spiro atoms. The number of likely N-dealkylation sites (tertiary alicyclic amines) is 1. The summed E-state index contributed by atoms with van der Waals surface area (Å²) >= 11 is 5.97. The van der Waals surface area contributed by atoms with Crippen molar-refractivity contribution in [2.75, 3.05) is 13.1 Å². The summed E-state index contributed by atoms with van der Waals surface area (Å²) in [5.74, 6) is -0.109. The van der Waals surface area contributed by atoms with Crippen LogP contribution in [0.25, 0.3) is 0 Å². The molecular formula is C14H17ClN2O4. The van der Waals surface area contributed by atoms with E-state index >= 15 is 0 Å². The molecule has 1 aliphatic heterocycles. The Bertz CT molecular complexity index is 554. The molecule has 1 saturated heterocycles. The zero-order valence-corrected chi connectivity index (χ0v) is 12.4. The van der Waals surface area contributed by atoms with Gasteiger partial charge in [-0.1, -0.05) is 17.7 Å². The Labute approximate surface area is 127 Å². The van der Waals surface area contributed by atoms with Crippen molar-refractivity contribution in [2.24, 2.45) is 5.92 Å². The Kier molecular flexibility index (Phi) is 4.80. The van der Waals surface area contributed by atoms with Crippen LogP contribution in [-0.4, -0.2) is 40.0 Å². The van der Waals surface area contributed by atoms with Crippen LogP contribution in [0.15, 0.2) is 18.2 Å². The maximum absolute atomic E-state index is 12.4. The van der Waals surface area contributed by atoms with E-state index < -0.39 is 4.92 Å². The highest BCUT2D eigenvalue weighted by molar-refractivity contribution is 6.35. The number of amides is 1. The third kappa shape index (κ3) is 3.33. The van der Waals surface area contributed by atoms with Gasteiger partial charge in [0.1, 0.15) is 5.02 Å². The van der Waals surface area contributed by atoms with Crippen LogP contribution in [0, 0.1) is 16.0 Å². The molecule has 0 radical (unpaired) electrons. The summed E-state index contributed by atoms with van der Waals surface area (Å²) < 4.78 is 0. The highest BCUT2D eigenvalue weighted by Crippen LogP contribution is 2.30. The van der Waals surface area contributed by atoms with Gasteiger partial charge in [0.05, 0.1) is 16.6 Å². The third-order valence-corrected chi connectivity index (χ3v) is 4.31. The van der Waals surface area contributed by atoms with E-state index in [0.29, 0.717) is 13.1 Å². The van der Waals surface area contributed by atoms with Crippen LogP contribution in [0.3, 0.4) is 0 Å². The summed E-state index contributed by atoms with van der Waals surface area (Å²) in [7, 11) is 0. The van der Waals surface area contributed by atoms with Crippen molar-refractivity contribution < 1.29 is 14.8 Å². The first kappa shape index (κ1) is 15.7. The minimum absolute atomic E-state index is 0.120. The maximum atomic E-state index is 12.4. The molecule has 1 unspecified atom stereocenters. The zero-order chi connectivity index (χ0) is 15.6. The summed E-state index contributed by atoms with van der Waals surface area (Å²) in [5, 5.41) is 20.3. The molecule has 1 amide bonds. The van der Waals surface area contributed by atoms with Gasteiger partial charge in [0, 0.05) is 19.2 Å². The van der Waals surface area contributed by atoms with Gasteiger partial charge in [-0.15, -0.1) is 0 Å². The second-order valence-corrected chi connectivity index (χ2v) is 5.64. The number of hydrogen-bond acceptors (Lipinski definition) is 4. The molecule has 1 fully saturated rings. The summed E-state index contributed by atoms with van der Waals surface area (Å²) in [5.41, 5.74) is -0.109. The number of piperidine rings is 1. The Morgan fingerprint density at radius 1 is 1.48 bits per heavy atom. The van der Waals surface area contributed by atoms with E-state index in [-0.39, 0.29) is 34.2 Å². The molecule has 0 aromatic heterocycles. The molecule has 1 N–H and O–H groups in total. The van der Waals surface area contributed by atoms with Crippen LogP contribution >= 0.6 is 11.6 Å².